The van der Waals surface area contributed by atoms with Crippen LogP contribution in [0.2, 0.25) is 5.02 Å². The number of hydrogen-bond acceptors (Lipinski definition) is 3. The minimum Gasteiger partial charge on any atom is -0.389 e. The smallest absolute Gasteiger partial charge is 0.0762 e. The standard InChI is InChI=1S/C13H12ClNOS/c1-9(16)10-2-3-13(12(14)8-10)17-11-4-6-15-7-5-11/h2-9,16H,1H3. The van der Waals surface area contributed by atoms with Gasteiger partial charge in [0.25, 0.3) is 0 Å². The summed E-state index contributed by atoms with van der Waals surface area (Å²) in [6.45, 7) is 1.72. The molecule has 0 saturated carbocycles. The minimum atomic E-state index is -0.493. The second kappa shape index (κ2) is 5.54. The SMILES string of the molecule is CC(O)c1ccc(Sc2ccncc2)c(Cl)c1. The molecule has 0 aliphatic rings. The van der Waals surface area contributed by atoms with Gasteiger partial charge in [-0.15, -0.1) is 0 Å². The molecule has 4 heteroatoms. The largest absolute Gasteiger partial charge is 0.389 e. The Balaban J connectivity index is 2.23. The molecule has 2 aromatic rings. The molecule has 17 heavy (non-hydrogen) atoms. The lowest BCUT2D eigenvalue weighted by Crippen LogP contribution is -1.90. The van der Waals surface area contributed by atoms with Crippen LogP contribution in [0.25, 0.3) is 0 Å². The molecular formula is C13H12ClNOS. The third kappa shape index (κ3) is 3.22. The van der Waals surface area contributed by atoms with Crippen molar-refractivity contribution in [3.8, 4) is 0 Å². The third-order valence-corrected chi connectivity index (χ3v) is 3.82. The number of rotatable bonds is 3. The van der Waals surface area contributed by atoms with Crippen LogP contribution in [0.5, 0.6) is 0 Å². The molecule has 0 saturated heterocycles. The highest BCUT2D eigenvalue weighted by atomic mass is 35.5. The van der Waals surface area contributed by atoms with Gasteiger partial charge in [-0.1, -0.05) is 29.4 Å². The van der Waals surface area contributed by atoms with E-state index in [1.54, 1.807) is 37.1 Å². The van der Waals surface area contributed by atoms with Gasteiger partial charge in [0.15, 0.2) is 0 Å². The predicted molar refractivity (Wildman–Crippen MR) is 70.4 cm³/mol. The molecule has 0 amide bonds. The first-order valence-electron chi connectivity index (χ1n) is 5.22. The van der Waals surface area contributed by atoms with Crippen molar-refractivity contribution >= 4 is 23.4 Å². The molecule has 1 N–H and O–H groups in total. The maximum atomic E-state index is 9.46. The number of pyridine rings is 1. The van der Waals surface area contributed by atoms with Crippen LogP contribution in [0.4, 0.5) is 0 Å². The molecule has 0 aliphatic carbocycles. The monoisotopic (exact) mass is 265 g/mol. The molecule has 0 fully saturated rings. The number of aliphatic hydroxyl groups excluding tert-OH is 1. The molecule has 1 unspecified atom stereocenters. The molecule has 1 aromatic carbocycles. The summed E-state index contributed by atoms with van der Waals surface area (Å²) in [6, 6.07) is 9.48. The van der Waals surface area contributed by atoms with Crippen LogP contribution < -0.4 is 0 Å². The van der Waals surface area contributed by atoms with Gasteiger partial charge in [-0.25, -0.2) is 0 Å². The third-order valence-electron chi connectivity index (χ3n) is 2.32. The van der Waals surface area contributed by atoms with Gasteiger partial charge in [-0.05, 0) is 36.8 Å². The van der Waals surface area contributed by atoms with Crippen LogP contribution in [-0.2, 0) is 0 Å². The zero-order valence-corrected chi connectivity index (χ0v) is 10.9. The van der Waals surface area contributed by atoms with Crippen molar-refractivity contribution in [1.82, 2.24) is 4.98 Å². The average Bonchev–Trinajstić information content (AvgIpc) is 2.33. The van der Waals surface area contributed by atoms with Crippen LogP contribution in [0.1, 0.15) is 18.6 Å². The van der Waals surface area contributed by atoms with Crippen molar-refractivity contribution in [2.75, 3.05) is 0 Å². The van der Waals surface area contributed by atoms with Crippen LogP contribution in [-0.4, -0.2) is 10.1 Å². The molecule has 0 bridgehead atoms. The second-order valence-electron chi connectivity index (χ2n) is 3.65. The highest BCUT2D eigenvalue weighted by molar-refractivity contribution is 7.99. The average molecular weight is 266 g/mol. The molecule has 2 rings (SSSR count). The number of halogens is 1. The first kappa shape index (κ1) is 12.4. The number of hydrogen-bond donors (Lipinski definition) is 1. The predicted octanol–water partition coefficient (Wildman–Crippen LogP) is 3.94. The fraction of sp³-hybridized carbons (Fsp3) is 0.154. The minimum absolute atomic E-state index is 0.493. The van der Waals surface area contributed by atoms with E-state index >= 15 is 0 Å². The van der Waals surface area contributed by atoms with Crippen LogP contribution >= 0.6 is 23.4 Å². The van der Waals surface area contributed by atoms with E-state index in [-0.39, 0.29) is 0 Å². The molecular weight excluding hydrogens is 254 g/mol. The van der Waals surface area contributed by atoms with Gasteiger partial charge in [-0.3, -0.25) is 4.98 Å². The molecule has 0 spiro atoms. The first-order chi connectivity index (χ1) is 8.16. The Labute approximate surface area is 110 Å². The van der Waals surface area contributed by atoms with E-state index in [4.69, 9.17) is 11.6 Å². The Morgan fingerprint density at radius 1 is 1.24 bits per heavy atom. The Morgan fingerprint density at radius 3 is 2.53 bits per heavy atom. The van der Waals surface area contributed by atoms with Crippen LogP contribution in [0, 0.1) is 0 Å². The van der Waals surface area contributed by atoms with E-state index in [0.29, 0.717) is 5.02 Å². The summed E-state index contributed by atoms with van der Waals surface area (Å²) in [5, 5.41) is 10.1. The number of aliphatic hydroxyl groups is 1. The van der Waals surface area contributed by atoms with Gasteiger partial charge in [0, 0.05) is 22.2 Å². The molecule has 1 atom stereocenters. The van der Waals surface area contributed by atoms with Gasteiger partial charge in [-0.2, -0.15) is 0 Å². The van der Waals surface area contributed by atoms with Gasteiger partial charge < -0.3 is 5.11 Å². The summed E-state index contributed by atoms with van der Waals surface area (Å²) >= 11 is 7.76. The van der Waals surface area contributed by atoms with Crippen molar-refractivity contribution < 1.29 is 5.11 Å². The Kier molecular flexibility index (Phi) is 4.05. The second-order valence-corrected chi connectivity index (χ2v) is 5.17. The summed E-state index contributed by atoms with van der Waals surface area (Å²) in [4.78, 5) is 6.03. The number of aromatic nitrogens is 1. The highest BCUT2D eigenvalue weighted by Crippen LogP contribution is 2.34. The fourth-order valence-corrected chi connectivity index (χ4v) is 2.50. The molecule has 2 nitrogen and oxygen atoms in total. The summed E-state index contributed by atoms with van der Waals surface area (Å²) in [7, 11) is 0. The zero-order chi connectivity index (χ0) is 12.3. The summed E-state index contributed by atoms with van der Waals surface area (Å²) in [5.74, 6) is 0. The van der Waals surface area contributed by atoms with E-state index in [9.17, 15) is 5.11 Å². The molecule has 1 aromatic heterocycles. The van der Waals surface area contributed by atoms with Crippen molar-refractivity contribution in [2.24, 2.45) is 0 Å². The van der Waals surface area contributed by atoms with E-state index in [1.807, 2.05) is 24.3 Å². The molecule has 0 aliphatic heterocycles. The molecule has 88 valence electrons. The Morgan fingerprint density at radius 2 is 1.94 bits per heavy atom. The van der Waals surface area contributed by atoms with E-state index < -0.39 is 6.10 Å². The highest BCUT2D eigenvalue weighted by Gasteiger charge is 2.06. The Bertz CT molecular complexity index is 502. The van der Waals surface area contributed by atoms with Crippen molar-refractivity contribution in [2.45, 2.75) is 22.8 Å². The first-order valence-corrected chi connectivity index (χ1v) is 6.41. The lowest BCUT2D eigenvalue weighted by molar-refractivity contribution is 0.199. The lowest BCUT2D eigenvalue weighted by Gasteiger charge is -2.08. The quantitative estimate of drug-likeness (QED) is 0.913. The van der Waals surface area contributed by atoms with Crippen molar-refractivity contribution in [3.63, 3.8) is 0 Å². The zero-order valence-electron chi connectivity index (χ0n) is 9.30. The molecule has 0 radical (unpaired) electrons. The number of benzene rings is 1. The van der Waals surface area contributed by atoms with Crippen molar-refractivity contribution in [3.05, 3.63) is 53.3 Å². The summed E-state index contributed by atoms with van der Waals surface area (Å²) < 4.78 is 0. The van der Waals surface area contributed by atoms with Crippen LogP contribution in [0.15, 0.2) is 52.5 Å². The van der Waals surface area contributed by atoms with E-state index in [0.717, 1.165) is 15.4 Å². The van der Waals surface area contributed by atoms with Gasteiger partial charge >= 0.3 is 0 Å². The van der Waals surface area contributed by atoms with Crippen LogP contribution in [0.3, 0.4) is 0 Å². The maximum Gasteiger partial charge on any atom is 0.0762 e. The fourth-order valence-electron chi connectivity index (χ4n) is 1.39. The summed E-state index contributed by atoms with van der Waals surface area (Å²) in [6.07, 6.45) is 3.01. The lowest BCUT2D eigenvalue weighted by atomic mass is 10.1. The Hall–Kier alpha value is -1.03. The van der Waals surface area contributed by atoms with Gasteiger partial charge in [0.2, 0.25) is 0 Å². The summed E-state index contributed by atoms with van der Waals surface area (Å²) in [5.41, 5.74) is 0.828. The van der Waals surface area contributed by atoms with Crippen molar-refractivity contribution in [1.29, 1.82) is 0 Å². The van der Waals surface area contributed by atoms with Gasteiger partial charge in [0.1, 0.15) is 0 Å². The van der Waals surface area contributed by atoms with E-state index in [1.165, 1.54) is 0 Å². The normalized spacial score (nSPS) is 12.4. The molecule has 1 heterocycles. The number of nitrogens with zero attached hydrogens (tertiary/aromatic N) is 1. The van der Waals surface area contributed by atoms with Gasteiger partial charge in [0.05, 0.1) is 11.1 Å². The maximum absolute atomic E-state index is 9.46. The topological polar surface area (TPSA) is 33.1 Å². The van der Waals surface area contributed by atoms with E-state index in [2.05, 4.69) is 4.98 Å².